The summed E-state index contributed by atoms with van der Waals surface area (Å²) in [5.41, 5.74) is 1.55. The van der Waals surface area contributed by atoms with Crippen LogP contribution in [0.25, 0.3) is 0 Å². The second-order valence-electron chi connectivity index (χ2n) is 4.23. The van der Waals surface area contributed by atoms with Gasteiger partial charge in [0.05, 0.1) is 0 Å². The average Bonchev–Trinajstić information content (AvgIpc) is 2.04. The Labute approximate surface area is 83.6 Å². The molecular weight excluding hydrogens is 158 g/mol. The van der Waals surface area contributed by atoms with Crippen molar-refractivity contribution in [2.24, 2.45) is 5.92 Å². The van der Waals surface area contributed by atoms with Crippen LogP contribution >= 0.6 is 0 Å². The third-order valence-electron chi connectivity index (χ3n) is 2.24. The SMILES string of the molecule is CNCC/C=C(/C)CCCC(C)C. The van der Waals surface area contributed by atoms with E-state index in [2.05, 4.69) is 32.2 Å². The first-order valence-corrected chi connectivity index (χ1v) is 5.47. The predicted octanol–water partition coefficient (Wildman–Crippen LogP) is 3.37. The van der Waals surface area contributed by atoms with Gasteiger partial charge < -0.3 is 5.32 Å². The van der Waals surface area contributed by atoms with Gasteiger partial charge in [-0.2, -0.15) is 0 Å². The fourth-order valence-corrected chi connectivity index (χ4v) is 1.35. The van der Waals surface area contributed by atoms with E-state index in [0.29, 0.717) is 0 Å². The molecule has 0 saturated carbocycles. The molecule has 0 aliphatic rings. The molecule has 0 bridgehead atoms. The smallest absolute Gasteiger partial charge is 0.00172 e. The molecule has 0 fully saturated rings. The molecule has 0 saturated heterocycles. The summed E-state index contributed by atoms with van der Waals surface area (Å²) < 4.78 is 0. The molecule has 0 heterocycles. The average molecular weight is 183 g/mol. The lowest BCUT2D eigenvalue weighted by Crippen LogP contribution is -2.06. The summed E-state index contributed by atoms with van der Waals surface area (Å²) in [5.74, 6) is 0.852. The summed E-state index contributed by atoms with van der Waals surface area (Å²) in [6.07, 6.45) is 7.51. The van der Waals surface area contributed by atoms with Gasteiger partial charge in [0.15, 0.2) is 0 Å². The van der Waals surface area contributed by atoms with Gasteiger partial charge in [0.25, 0.3) is 0 Å². The van der Waals surface area contributed by atoms with Crippen molar-refractivity contribution in [2.75, 3.05) is 13.6 Å². The molecule has 0 aliphatic heterocycles. The number of hydrogen-bond donors (Lipinski definition) is 1. The van der Waals surface area contributed by atoms with Crippen molar-refractivity contribution in [1.29, 1.82) is 0 Å². The Bertz CT molecular complexity index is 136. The Balaban J connectivity index is 3.38. The molecule has 0 aromatic carbocycles. The van der Waals surface area contributed by atoms with E-state index in [0.717, 1.165) is 12.5 Å². The van der Waals surface area contributed by atoms with Crippen LogP contribution in [0.2, 0.25) is 0 Å². The molecule has 0 aliphatic carbocycles. The predicted molar refractivity (Wildman–Crippen MR) is 61.0 cm³/mol. The van der Waals surface area contributed by atoms with Crippen molar-refractivity contribution in [2.45, 2.75) is 46.5 Å². The summed E-state index contributed by atoms with van der Waals surface area (Å²) >= 11 is 0. The third-order valence-corrected chi connectivity index (χ3v) is 2.24. The highest BCUT2D eigenvalue weighted by Crippen LogP contribution is 2.11. The summed E-state index contributed by atoms with van der Waals surface area (Å²) in [6.45, 7) is 7.93. The highest BCUT2D eigenvalue weighted by atomic mass is 14.8. The zero-order chi connectivity index (χ0) is 10.1. The first kappa shape index (κ1) is 12.7. The van der Waals surface area contributed by atoms with Gasteiger partial charge in [-0.15, -0.1) is 0 Å². The highest BCUT2D eigenvalue weighted by molar-refractivity contribution is 4.97. The highest BCUT2D eigenvalue weighted by Gasteiger charge is 1.94. The van der Waals surface area contributed by atoms with Crippen LogP contribution in [0.4, 0.5) is 0 Å². The summed E-state index contributed by atoms with van der Waals surface area (Å²) in [6, 6.07) is 0. The van der Waals surface area contributed by atoms with Crippen molar-refractivity contribution >= 4 is 0 Å². The molecule has 1 N–H and O–H groups in total. The van der Waals surface area contributed by atoms with Crippen LogP contribution in [0, 0.1) is 5.92 Å². The van der Waals surface area contributed by atoms with E-state index in [-0.39, 0.29) is 0 Å². The van der Waals surface area contributed by atoms with Gasteiger partial charge in [-0.25, -0.2) is 0 Å². The van der Waals surface area contributed by atoms with Crippen LogP contribution in [-0.4, -0.2) is 13.6 Å². The molecule has 0 aromatic rings. The van der Waals surface area contributed by atoms with E-state index < -0.39 is 0 Å². The van der Waals surface area contributed by atoms with Crippen molar-refractivity contribution in [3.05, 3.63) is 11.6 Å². The maximum atomic E-state index is 3.15. The van der Waals surface area contributed by atoms with Gasteiger partial charge in [0.1, 0.15) is 0 Å². The minimum atomic E-state index is 0.852. The fraction of sp³-hybridized carbons (Fsp3) is 0.833. The number of allylic oxidation sites excluding steroid dienone is 1. The van der Waals surface area contributed by atoms with Crippen molar-refractivity contribution in [1.82, 2.24) is 5.32 Å². The quantitative estimate of drug-likeness (QED) is 0.471. The van der Waals surface area contributed by atoms with E-state index in [1.807, 2.05) is 7.05 Å². The van der Waals surface area contributed by atoms with Crippen LogP contribution in [-0.2, 0) is 0 Å². The Morgan fingerprint density at radius 3 is 2.62 bits per heavy atom. The largest absolute Gasteiger partial charge is 0.319 e. The first-order valence-electron chi connectivity index (χ1n) is 5.47. The van der Waals surface area contributed by atoms with Gasteiger partial charge in [0.2, 0.25) is 0 Å². The molecule has 0 aromatic heterocycles. The zero-order valence-electron chi connectivity index (χ0n) is 9.69. The molecule has 0 rings (SSSR count). The van der Waals surface area contributed by atoms with Crippen LogP contribution in [0.3, 0.4) is 0 Å². The monoisotopic (exact) mass is 183 g/mol. The topological polar surface area (TPSA) is 12.0 Å². The second-order valence-corrected chi connectivity index (χ2v) is 4.23. The van der Waals surface area contributed by atoms with Crippen LogP contribution < -0.4 is 5.32 Å². The number of rotatable bonds is 7. The molecule has 0 amide bonds. The molecule has 0 atom stereocenters. The third kappa shape index (κ3) is 9.62. The number of hydrogen-bond acceptors (Lipinski definition) is 1. The van der Waals surface area contributed by atoms with E-state index >= 15 is 0 Å². The number of nitrogens with one attached hydrogen (secondary N) is 1. The minimum absolute atomic E-state index is 0.852. The van der Waals surface area contributed by atoms with Gasteiger partial charge in [-0.1, -0.05) is 31.9 Å². The van der Waals surface area contributed by atoms with Crippen LogP contribution in [0.1, 0.15) is 46.5 Å². The lowest BCUT2D eigenvalue weighted by Gasteiger charge is -2.04. The molecule has 1 nitrogen and oxygen atoms in total. The van der Waals surface area contributed by atoms with Crippen LogP contribution in [0.5, 0.6) is 0 Å². The van der Waals surface area contributed by atoms with Gasteiger partial charge in [0, 0.05) is 0 Å². The summed E-state index contributed by atoms with van der Waals surface area (Å²) in [7, 11) is 2.00. The van der Waals surface area contributed by atoms with E-state index in [1.54, 1.807) is 5.57 Å². The van der Waals surface area contributed by atoms with Crippen molar-refractivity contribution < 1.29 is 0 Å². The molecular formula is C12H25N. The van der Waals surface area contributed by atoms with Crippen molar-refractivity contribution in [3.8, 4) is 0 Å². The molecule has 78 valence electrons. The maximum Gasteiger partial charge on any atom is -0.00172 e. The van der Waals surface area contributed by atoms with Crippen molar-refractivity contribution in [3.63, 3.8) is 0 Å². The van der Waals surface area contributed by atoms with E-state index in [1.165, 1.54) is 25.7 Å². The second kappa shape index (κ2) is 8.31. The molecule has 1 heteroatoms. The van der Waals surface area contributed by atoms with Gasteiger partial charge in [-0.3, -0.25) is 0 Å². The summed E-state index contributed by atoms with van der Waals surface area (Å²) in [4.78, 5) is 0. The Morgan fingerprint density at radius 2 is 2.08 bits per heavy atom. The minimum Gasteiger partial charge on any atom is -0.319 e. The Morgan fingerprint density at radius 1 is 1.38 bits per heavy atom. The maximum absolute atomic E-state index is 3.15. The Kier molecular flexibility index (Phi) is 8.11. The lowest BCUT2D eigenvalue weighted by atomic mass is 10.0. The first-order chi connectivity index (χ1) is 6.16. The Hall–Kier alpha value is -0.300. The van der Waals surface area contributed by atoms with E-state index in [4.69, 9.17) is 0 Å². The van der Waals surface area contributed by atoms with Gasteiger partial charge >= 0.3 is 0 Å². The molecule has 13 heavy (non-hydrogen) atoms. The van der Waals surface area contributed by atoms with Crippen LogP contribution in [0.15, 0.2) is 11.6 Å². The molecule has 0 unspecified atom stereocenters. The normalized spacial score (nSPS) is 12.5. The standard InChI is InChI=1S/C12H25N/c1-11(2)7-5-8-12(3)9-6-10-13-4/h9,11,13H,5-8,10H2,1-4H3/b12-9-. The molecule has 0 radical (unpaired) electrons. The lowest BCUT2D eigenvalue weighted by molar-refractivity contribution is 0.554. The molecule has 0 spiro atoms. The summed E-state index contributed by atoms with van der Waals surface area (Å²) in [5, 5.41) is 3.15. The fourth-order valence-electron chi connectivity index (χ4n) is 1.35. The van der Waals surface area contributed by atoms with E-state index in [9.17, 15) is 0 Å². The zero-order valence-corrected chi connectivity index (χ0v) is 9.69. The van der Waals surface area contributed by atoms with Gasteiger partial charge in [-0.05, 0) is 45.7 Å².